The van der Waals surface area contributed by atoms with Crippen LogP contribution in [-0.4, -0.2) is 33.7 Å². The van der Waals surface area contributed by atoms with E-state index in [1.54, 1.807) is 24.0 Å². The Balaban J connectivity index is 1.47. The standard InChI is InChI=1S/C20H23N5O2/c1-24-10-8-21-18(20(24)27)25-9-4-6-16(13-25)22-12-15-11-14-5-2-3-7-17(14)23-19(15)26/h2-3,5,7-8,10-11,16,22H,4,6,9,12-13H2,1H3,(H,23,26)/t16-/m1/s1. The molecule has 1 saturated heterocycles. The number of aromatic amines is 1. The van der Waals surface area contributed by atoms with Gasteiger partial charge < -0.3 is 19.8 Å². The maximum absolute atomic E-state index is 12.3. The van der Waals surface area contributed by atoms with Crippen molar-refractivity contribution < 1.29 is 0 Å². The fourth-order valence-electron chi connectivity index (χ4n) is 3.62. The molecule has 0 amide bonds. The third-order valence-electron chi connectivity index (χ3n) is 5.13. The number of nitrogens with one attached hydrogen (secondary N) is 2. The summed E-state index contributed by atoms with van der Waals surface area (Å²) < 4.78 is 1.55. The zero-order chi connectivity index (χ0) is 18.8. The van der Waals surface area contributed by atoms with E-state index in [0.717, 1.165) is 35.9 Å². The molecule has 7 nitrogen and oxygen atoms in total. The SMILES string of the molecule is Cn1ccnc(N2CCC[C@@H](NCc3cc4ccccc4[nH]c3=O)C2)c1=O. The van der Waals surface area contributed by atoms with Crippen LogP contribution in [0.4, 0.5) is 5.82 Å². The molecule has 3 aromatic rings. The van der Waals surface area contributed by atoms with Gasteiger partial charge in [-0.1, -0.05) is 18.2 Å². The average Bonchev–Trinajstić information content (AvgIpc) is 2.68. The number of aryl methyl sites for hydroxylation is 1. The van der Waals surface area contributed by atoms with Crippen LogP contribution in [0.1, 0.15) is 18.4 Å². The fourth-order valence-corrected chi connectivity index (χ4v) is 3.62. The molecule has 2 N–H and O–H groups in total. The Bertz CT molecular complexity index is 1070. The lowest BCUT2D eigenvalue weighted by Gasteiger charge is -2.33. The largest absolute Gasteiger partial charge is 0.350 e. The van der Waals surface area contributed by atoms with E-state index in [1.165, 1.54) is 0 Å². The number of nitrogens with zero attached hydrogens (tertiary/aromatic N) is 3. The lowest BCUT2D eigenvalue weighted by Crippen LogP contribution is -2.48. The third kappa shape index (κ3) is 3.64. The first-order valence-corrected chi connectivity index (χ1v) is 9.23. The van der Waals surface area contributed by atoms with Crippen molar-refractivity contribution in [3.8, 4) is 0 Å². The monoisotopic (exact) mass is 365 g/mol. The molecule has 0 aliphatic carbocycles. The second-order valence-corrected chi connectivity index (χ2v) is 7.04. The number of para-hydroxylation sites is 1. The molecule has 0 bridgehead atoms. The predicted molar refractivity (Wildman–Crippen MR) is 106 cm³/mol. The summed E-state index contributed by atoms with van der Waals surface area (Å²) in [5.74, 6) is 0.495. The van der Waals surface area contributed by atoms with Crippen LogP contribution in [0.25, 0.3) is 10.9 Å². The number of rotatable bonds is 4. The summed E-state index contributed by atoms with van der Waals surface area (Å²) >= 11 is 0. The highest BCUT2D eigenvalue weighted by Gasteiger charge is 2.23. The molecule has 1 aliphatic rings. The van der Waals surface area contributed by atoms with Crippen molar-refractivity contribution in [1.29, 1.82) is 0 Å². The van der Waals surface area contributed by atoms with Crippen LogP contribution in [0, 0.1) is 0 Å². The summed E-state index contributed by atoms with van der Waals surface area (Å²) in [5, 5.41) is 4.50. The molecule has 4 rings (SSSR count). The lowest BCUT2D eigenvalue weighted by atomic mass is 10.1. The molecule has 0 saturated carbocycles. The minimum absolute atomic E-state index is 0.0625. The first kappa shape index (κ1) is 17.5. The first-order valence-electron chi connectivity index (χ1n) is 9.23. The molecule has 1 fully saturated rings. The Hall–Kier alpha value is -2.93. The van der Waals surface area contributed by atoms with Crippen molar-refractivity contribution in [3.63, 3.8) is 0 Å². The van der Waals surface area contributed by atoms with E-state index in [9.17, 15) is 9.59 Å². The summed E-state index contributed by atoms with van der Waals surface area (Å²) in [6.07, 6.45) is 5.31. The van der Waals surface area contributed by atoms with Gasteiger partial charge in [-0.2, -0.15) is 0 Å². The van der Waals surface area contributed by atoms with Gasteiger partial charge in [-0.3, -0.25) is 9.59 Å². The van der Waals surface area contributed by atoms with Crippen LogP contribution in [0.3, 0.4) is 0 Å². The molecule has 140 valence electrons. The molecule has 0 spiro atoms. The molecule has 3 heterocycles. The number of H-pyrrole nitrogens is 1. The average molecular weight is 365 g/mol. The normalized spacial score (nSPS) is 17.4. The van der Waals surface area contributed by atoms with Crippen LogP contribution in [0.5, 0.6) is 0 Å². The van der Waals surface area contributed by atoms with E-state index in [-0.39, 0.29) is 17.2 Å². The van der Waals surface area contributed by atoms with Gasteiger partial charge in [0.05, 0.1) is 0 Å². The second-order valence-electron chi connectivity index (χ2n) is 7.04. The molecular weight excluding hydrogens is 342 g/mol. The quantitative estimate of drug-likeness (QED) is 0.730. The van der Waals surface area contributed by atoms with Crippen molar-refractivity contribution in [2.75, 3.05) is 18.0 Å². The number of pyridine rings is 1. The maximum Gasteiger partial charge on any atom is 0.293 e. The maximum atomic E-state index is 12.3. The predicted octanol–water partition coefficient (Wildman–Crippen LogP) is 1.38. The second kappa shape index (κ2) is 7.36. The van der Waals surface area contributed by atoms with Crippen LogP contribution in [-0.2, 0) is 13.6 Å². The summed E-state index contributed by atoms with van der Waals surface area (Å²) in [7, 11) is 1.74. The topological polar surface area (TPSA) is 83.0 Å². The van der Waals surface area contributed by atoms with Gasteiger partial charge in [0, 0.05) is 56.2 Å². The number of aromatic nitrogens is 3. The molecule has 27 heavy (non-hydrogen) atoms. The van der Waals surface area contributed by atoms with Crippen LogP contribution < -0.4 is 21.3 Å². The summed E-state index contributed by atoms with van der Waals surface area (Å²) in [6.45, 7) is 2.03. The van der Waals surface area contributed by atoms with E-state index in [4.69, 9.17) is 0 Å². The number of hydrogen-bond acceptors (Lipinski definition) is 5. The van der Waals surface area contributed by atoms with Gasteiger partial charge >= 0.3 is 0 Å². The van der Waals surface area contributed by atoms with E-state index < -0.39 is 0 Å². The number of fused-ring (bicyclic) bond motifs is 1. The Morgan fingerprint density at radius 2 is 2.15 bits per heavy atom. The van der Waals surface area contributed by atoms with Gasteiger partial charge in [0.25, 0.3) is 11.1 Å². The highest BCUT2D eigenvalue weighted by Crippen LogP contribution is 2.15. The van der Waals surface area contributed by atoms with E-state index in [2.05, 4.69) is 15.3 Å². The van der Waals surface area contributed by atoms with Crippen molar-refractivity contribution in [3.05, 3.63) is 69.0 Å². The number of hydrogen-bond donors (Lipinski definition) is 2. The molecule has 0 unspecified atom stereocenters. The van der Waals surface area contributed by atoms with Gasteiger partial charge in [0.1, 0.15) is 0 Å². The summed E-state index contributed by atoms with van der Waals surface area (Å²) in [5.41, 5.74) is 1.43. The van der Waals surface area contributed by atoms with Crippen molar-refractivity contribution >= 4 is 16.7 Å². The van der Waals surface area contributed by atoms with Gasteiger partial charge in [-0.05, 0) is 30.4 Å². The van der Waals surface area contributed by atoms with Crippen molar-refractivity contribution in [2.45, 2.75) is 25.4 Å². The highest BCUT2D eigenvalue weighted by molar-refractivity contribution is 5.78. The molecule has 1 aromatic carbocycles. The molecule has 7 heteroatoms. The van der Waals surface area contributed by atoms with Gasteiger partial charge in [-0.25, -0.2) is 4.98 Å². The van der Waals surface area contributed by atoms with E-state index in [1.807, 2.05) is 35.2 Å². The van der Waals surface area contributed by atoms with Crippen LogP contribution in [0.2, 0.25) is 0 Å². The minimum atomic E-state index is -0.0795. The molecular formula is C20H23N5O2. The van der Waals surface area contributed by atoms with Gasteiger partial charge in [0.2, 0.25) is 0 Å². The Morgan fingerprint density at radius 1 is 1.30 bits per heavy atom. The summed E-state index contributed by atoms with van der Waals surface area (Å²) in [4.78, 5) is 33.9. The number of anilines is 1. The molecule has 1 aliphatic heterocycles. The fraction of sp³-hybridized carbons (Fsp3) is 0.350. The lowest BCUT2D eigenvalue weighted by molar-refractivity contribution is 0.418. The number of piperidine rings is 1. The zero-order valence-corrected chi connectivity index (χ0v) is 15.3. The molecule has 2 aromatic heterocycles. The number of benzene rings is 1. The van der Waals surface area contributed by atoms with Gasteiger partial charge in [-0.15, -0.1) is 0 Å². The van der Waals surface area contributed by atoms with Crippen LogP contribution in [0.15, 0.2) is 52.3 Å². The molecule has 0 radical (unpaired) electrons. The summed E-state index contributed by atoms with van der Waals surface area (Å²) in [6, 6.07) is 9.92. The third-order valence-corrected chi connectivity index (χ3v) is 5.13. The first-order chi connectivity index (χ1) is 13.1. The van der Waals surface area contributed by atoms with Gasteiger partial charge in [0.15, 0.2) is 5.82 Å². The zero-order valence-electron chi connectivity index (χ0n) is 15.3. The molecule has 1 atom stereocenters. The Morgan fingerprint density at radius 3 is 3.04 bits per heavy atom. The Labute approximate surface area is 156 Å². The smallest absolute Gasteiger partial charge is 0.293 e. The van der Waals surface area contributed by atoms with Crippen molar-refractivity contribution in [1.82, 2.24) is 19.9 Å². The van der Waals surface area contributed by atoms with E-state index >= 15 is 0 Å². The van der Waals surface area contributed by atoms with Crippen molar-refractivity contribution in [2.24, 2.45) is 7.05 Å². The Kier molecular flexibility index (Phi) is 4.77. The minimum Gasteiger partial charge on any atom is -0.350 e. The highest BCUT2D eigenvalue weighted by atomic mass is 16.1. The van der Waals surface area contributed by atoms with E-state index in [0.29, 0.717) is 18.9 Å². The van der Waals surface area contributed by atoms with Crippen LogP contribution >= 0.6 is 0 Å².